The number of aromatic nitrogens is 3. The van der Waals surface area contributed by atoms with Crippen molar-refractivity contribution >= 4 is 34.4 Å². The molecule has 1 aromatic carbocycles. The standard InChI is InChI=1S/C18H20N4OS/c1-4-15(17(23)22-16-11(2)6-5-7-12(16)3)24-18-20-13-8-9-19-10-14(13)21-18/h5-10,15H,4H2,1-3H3,(H,20,21)(H,22,23). The molecule has 0 aliphatic rings. The van der Waals surface area contributed by atoms with Gasteiger partial charge in [0.2, 0.25) is 5.91 Å². The van der Waals surface area contributed by atoms with Gasteiger partial charge in [0.05, 0.1) is 22.5 Å². The van der Waals surface area contributed by atoms with Crippen molar-refractivity contribution in [1.82, 2.24) is 15.0 Å². The van der Waals surface area contributed by atoms with Crippen LogP contribution in [0.3, 0.4) is 0 Å². The predicted molar refractivity (Wildman–Crippen MR) is 98.4 cm³/mol. The first kappa shape index (κ1) is 16.5. The van der Waals surface area contributed by atoms with E-state index in [9.17, 15) is 4.79 Å². The number of imidazole rings is 1. The van der Waals surface area contributed by atoms with Crippen LogP contribution in [0.1, 0.15) is 24.5 Å². The minimum atomic E-state index is -0.211. The smallest absolute Gasteiger partial charge is 0.237 e. The minimum Gasteiger partial charge on any atom is -0.332 e. The lowest BCUT2D eigenvalue weighted by atomic mass is 10.1. The molecule has 3 aromatic rings. The number of aromatic amines is 1. The molecule has 0 saturated heterocycles. The van der Waals surface area contributed by atoms with Crippen LogP contribution >= 0.6 is 11.8 Å². The molecule has 6 heteroatoms. The number of H-pyrrole nitrogens is 1. The maximum absolute atomic E-state index is 12.7. The van der Waals surface area contributed by atoms with Crippen LogP contribution < -0.4 is 5.32 Å². The summed E-state index contributed by atoms with van der Waals surface area (Å²) in [5, 5.41) is 3.60. The summed E-state index contributed by atoms with van der Waals surface area (Å²) < 4.78 is 0. The Bertz CT molecular complexity index is 821. The second kappa shape index (κ2) is 7.05. The van der Waals surface area contributed by atoms with Gasteiger partial charge in [-0.05, 0) is 37.5 Å². The number of nitrogens with zero attached hydrogens (tertiary/aromatic N) is 2. The lowest BCUT2D eigenvalue weighted by molar-refractivity contribution is -0.115. The highest BCUT2D eigenvalue weighted by molar-refractivity contribution is 8.00. The number of carbonyl (C=O) groups is 1. The Labute approximate surface area is 145 Å². The summed E-state index contributed by atoms with van der Waals surface area (Å²) in [6.07, 6.45) is 4.17. The van der Waals surface area contributed by atoms with Gasteiger partial charge in [0.25, 0.3) is 0 Å². The molecule has 0 radical (unpaired) electrons. The van der Waals surface area contributed by atoms with E-state index in [1.54, 1.807) is 12.4 Å². The quantitative estimate of drug-likeness (QED) is 0.687. The van der Waals surface area contributed by atoms with E-state index < -0.39 is 0 Å². The number of rotatable bonds is 5. The third kappa shape index (κ3) is 3.43. The highest BCUT2D eigenvalue weighted by atomic mass is 32.2. The fourth-order valence-electron chi connectivity index (χ4n) is 2.56. The van der Waals surface area contributed by atoms with Crippen LogP contribution in [-0.2, 0) is 4.79 Å². The van der Waals surface area contributed by atoms with Crippen LogP contribution in [0.25, 0.3) is 11.0 Å². The van der Waals surface area contributed by atoms with Gasteiger partial charge < -0.3 is 10.3 Å². The maximum Gasteiger partial charge on any atom is 0.237 e. The number of aryl methyl sites for hydroxylation is 2. The van der Waals surface area contributed by atoms with Gasteiger partial charge in [-0.25, -0.2) is 4.98 Å². The summed E-state index contributed by atoms with van der Waals surface area (Å²) in [5.74, 6) is -0.00141. The molecule has 3 rings (SSSR count). The third-order valence-electron chi connectivity index (χ3n) is 3.91. The zero-order valence-corrected chi connectivity index (χ0v) is 14.8. The second-order valence-corrected chi connectivity index (χ2v) is 6.90. The van der Waals surface area contributed by atoms with E-state index >= 15 is 0 Å². The van der Waals surface area contributed by atoms with Gasteiger partial charge in [-0.3, -0.25) is 9.78 Å². The average Bonchev–Trinajstić information content (AvgIpc) is 2.98. The number of hydrogen-bond acceptors (Lipinski definition) is 4. The minimum absolute atomic E-state index is 0.00141. The zero-order chi connectivity index (χ0) is 17.1. The molecule has 124 valence electrons. The molecule has 0 aliphatic carbocycles. The number of amides is 1. The van der Waals surface area contributed by atoms with Crippen LogP contribution in [0.2, 0.25) is 0 Å². The summed E-state index contributed by atoms with van der Waals surface area (Å²) in [7, 11) is 0. The van der Waals surface area contributed by atoms with Crippen molar-refractivity contribution in [2.75, 3.05) is 5.32 Å². The molecule has 1 unspecified atom stereocenters. The normalized spacial score (nSPS) is 12.3. The van der Waals surface area contributed by atoms with Crippen molar-refractivity contribution in [2.45, 2.75) is 37.6 Å². The van der Waals surface area contributed by atoms with E-state index in [0.29, 0.717) is 0 Å². The molecule has 2 heterocycles. The Morgan fingerprint density at radius 3 is 2.71 bits per heavy atom. The van der Waals surface area contributed by atoms with Gasteiger partial charge in [-0.1, -0.05) is 36.9 Å². The molecule has 5 nitrogen and oxygen atoms in total. The van der Waals surface area contributed by atoms with Crippen molar-refractivity contribution in [2.24, 2.45) is 0 Å². The Morgan fingerprint density at radius 2 is 2.04 bits per heavy atom. The monoisotopic (exact) mass is 340 g/mol. The molecule has 2 aromatic heterocycles. The van der Waals surface area contributed by atoms with Gasteiger partial charge in [0, 0.05) is 11.9 Å². The van der Waals surface area contributed by atoms with Crippen molar-refractivity contribution in [3.8, 4) is 0 Å². The number of anilines is 1. The Hall–Kier alpha value is -2.34. The molecule has 2 N–H and O–H groups in total. The van der Waals surface area contributed by atoms with Crippen molar-refractivity contribution < 1.29 is 4.79 Å². The highest BCUT2D eigenvalue weighted by Crippen LogP contribution is 2.27. The molecule has 24 heavy (non-hydrogen) atoms. The van der Waals surface area contributed by atoms with Crippen LogP contribution in [0.15, 0.2) is 41.8 Å². The highest BCUT2D eigenvalue weighted by Gasteiger charge is 2.21. The molecular weight excluding hydrogens is 320 g/mol. The van der Waals surface area contributed by atoms with Crippen LogP contribution in [0, 0.1) is 13.8 Å². The number of para-hydroxylation sites is 1. The average molecular weight is 340 g/mol. The number of benzene rings is 1. The lowest BCUT2D eigenvalue weighted by Gasteiger charge is -2.16. The van der Waals surface area contributed by atoms with Crippen molar-refractivity contribution in [3.05, 3.63) is 47.8 Å². The molecule has 0 fully saturated rings. The number of thioether (sulfide) groups is 1. The summed E-state index contributed by atoms with van der Waals surface area (Å²) >= 11 is 1.45. The molecule has 0 aliphatic heterocycles. The zero-order valence-electron chi connectivity index (χ0n) is 14.0. The first-order valence-corrected chi connectivity index (χ1v) is 8.80. The molecule has 0 saturated carbocycles. The van der Waals surface area contributed by atoms with Gasteiger partial charge in [-0.15, -0.1) is 0 Å². The van der Waals surface area contributed by atoms with Crippen LogP contribution in [0.4, 0.5) is 5.69 Å². The second-order valence-electron chi connectivity index (χ2n) is 5.71. The third-order valence-corrected chi connectivity index (χ3v) is 5.16. The molecular formula is C18H20N4OS. The summed E-state index contributed by atoms with van der Waals surface area (Å²) in [6.45, 7) is 6.01. The summed E-state index contributed by atoms with van der Waals surface area (Å²) in [6, 6.07) is 7.86. The summed E-state index contributed by atoms with van der Waals surface area (Å²) in [4.78, 5) is 24.5. The first-order chi connectivity index (χ1) is 11.6. The maximum atomic E-state index is 12.7. The van der Waals surface area contributed by atoms with E-state index in [1.807, 2.05) is 45.0 Å². The van der Waals surface area contributed by atoms with E-state index in [1.165, 1.54) is 11.8 Å². The Morgan fingerprint density at radius 1 is 1.29 bits per heavy atom. The lowest BCUT2D eigenvalue weighted by Crippen LogP contribution is -2.25. The number of fused-ring (bicyclic) bond motifs is 1. The largest absolute Gasteiger partial charge is 0.332 e. The number of hydrogen-bond donors (Lipinski definition) is 2. The van der Waals surface area contributed by atoms with Gasteiger partial charge >= 0.3 is 0 Å². The SMILES string of the molecule is CCC(Sc1nc2ccncc2[nH]1)C(=O)Nc1c(C)cccc1C. The number of pyridine rings is 1. The van der Waals surface area contributed by atoms with Crippen LogP contribution in [-0.4, -0.2) is 26.1 Å². The van der Waals surface area contributed by atoms with Crippen molar-refractivity contribution in [1.29, 1.82) is 0 Å². The number of nitrogens with one attached hydrogen (secondary N) is 2. The molecule has 0 spiro atoms. The first-order valence-electron chi connectivity index (χ1n) is 7.92. The predicted octanol–water partition coefficient (Wildman–Crippen LogP) is 4.08. The van der Waals surface area contributed by atoms with Gasteiger partial charge in [0.1, 0.15) is 0 Å². The Balaban J connectivity index is 1.77. The van der Waals surface area contributed by atoms with E-state index in [0.717, 1.165) is 39.4 Å². The van der Waals surface area contributed by atoms with Gasteiger partial charge in [-0.2, -0.15) is 0 Å². The molecule has 0 bridgehead atoms. The number of carbonyl (C=O) groups excluding carboxylic acids is 1. The van der Waals surface area contributed by atoms with E-state index in [4.69, 9.17) is 0 Å². The Kier molecular flexibility index (Phi) is 4.85. The van der Waals surface area contributed by atoms with Gasteiger partial charge in [0.15, 0.2) is 5.16 Å². The summed E-state index contributed by atoms with van der Waals surface area (Å²) in [5.41, 5.74) is 4.77. The fourth-order valence-corrected chi connectivity index (χ4v) is 3.48. The molecule has 1 amide bonds. The van der Waals surface area contributed by atoms with E-state index in [2.05, 4.69) is 20.3 Å². The van der Waals surface area contributed by atoms with Crippen molar-refractivity contribution in [3.63, 3.8) is 0 Å². The topological polar surface area (TPSA) is 70.7 Å². The molecule has 1 atom stereocenters. The van der Waals surface area contributed by atoms with E-state index in [-0.39, 0.29) is 11.2 Å². The fraction of sp³-hybridized carbons (Fsp3) is 0.278. The van der Waals surface area contributed by atoms with Crippen LogP contribution in [0.5, 0.6) is 0 Å².